The van der Waals surface area contributed by atoms with Crippen LogP contribution in [0.1, 0.15) is 20.7 Å². The van der Waals surface area contributed by atoms with Gasteiger partial charge in [0.25, 0.3) is 11.8 Å². The predicted octanol–water partition coefficient (Wildman–Crippen LogP) is -0.498. The van der Waals surface area contributed by atoms with Crippen molar-refractivity contribution < 1.29 is 49.7 Å². The summed E-state index contributed by atoms with van der Waals surface area (Å²) in [5.74, 6) is -1.26. The van der Waals surface area contributed by atoms with Crippen LogP contribution in [0.15, 0.2) is 48.5 Å². The Hall–Kier alpha value is -2.01. The minimum atomic E-state index is -1.56. The minimum absolute atomic E-state index is 0.204. The summed E-state index contributed by atoms with van der Waals surface area (Å²) in [6, 6.07) is 9.21. The summed E-state index contributed by atoms with van der Waals surface area (Å²) in [4.78, 5) is 25.6. The van der Waals surface area contributed by atoms with Gasteiger partial charge in [-0.25, -0.2) is 0 Å². The molecule has 2 aliphatic rings. The summed E-state index contributed by atoms with van der Waals surface area (Å²) in [7, 11) is 0. The van der Waals surface area contributed by atoms with E-state index in [0.717, 1.165) is 11.8 Å². The van der Waals surface area contributed by atoms with Crippen molar-refractivity contribution in [2.24, 2.45) is 0 Å². The zero-order valence-corrected chi connectivity index (χ0v) is 23.6. The van der Waals surface area contributed by atoms with E-state index in [0.29, 0.717) is 10.0 Å². The van der Waals surface area contributed by atoms with Crippen molar-refractivity contribution in [1.82, 2.24) is 10.6 Å². The van der Waals surface area contributed by atoms with Crippen molar-refractivity contribution in [3.05, 3.63) is 69.7 Å². The number of halogens is 2. The van der Waals surface area contributed by atoms with Gasteiger partial charge in [0, 0.05) is 21.2 Å². The Labute approximate surface area is 249 Å². The second-order valence-corrected chi connectivity index (χ2v) is 11.6. The lowest BCUT2D eigenvalue weighted by Gasteiger charge is -2.46. The van der Waals surface area contributed by atoms with Crippen LogP contribution in [0, 0.1) is 0 Å². The first-order valence-corrected chi connectivity index (χ1v) is 14.3. The Morgan fingerprint density at radius 2 is 1.00 bits per heavy atom. The van der Waals surface area contributed by atoms with E-state index in [1.54, 1.807) is 0 Å². The monoisotopic (exact) mass is 632 g/mol. The number of carbonyl (C=O) groups is 2. The number of hydrogen-bond donors (Lipinski definition) is 8. The predicted molar refractivity (Wildman–Crippen MR) is 149 cm³/mol. The van der Waals surface area contributed by atoms with Crippen LogP contribution in [-0.2, 0) is 9.47 Å². The van der Waals surface area contributed by atoms with Crippen LogP contribution in [0.3, 0.4) is 0 Å². The molecule has 0 aromatic heterocycles. The second-order valence-electron chi connectivity index (χ2n) is 9.56. The topological polar surface area (TPSA) is 198 Å². The summed E-state index contributed by atoms with van der Waals surface area (Å²) >= 11 is 12.5. The van der Waals surface area contributed by atoms with Gasteiger partial charge in [-0.05, 0) is 48.5 Å². The van der Waals surface area contributed by atoms with Gasteiger partial charge in [-0.3, -0.25) is 9.59 Å². The van der Waals surface area contributed by atoms with Crippen LogP contribution in [0.5, 0.6) is 0 Å². The number of aliphatic hydroxyl groups excluding tert-OH is 6. The van der Waals surface area contributed by atoms with E-state index in [2.05, 4.69) is 10.6 Å². The Morgan fingerprint density at radius 1 is 0.659 bits per heavy atom. The fourth-order valence-electron chi connectivity index (χ4n) is 4.54. The zero-order valence-electron chi connectivity index (χ0n) is 21.3. The lowest BCUT2D eigenvalue weighted by Crippen LogP contribution is -2.66. The standard InChI is InChI=1S/C26H30Cl2N2O10S/c27-13-5-1-11(2-6-13)23(37)29-17-19(33)15(9-31)39-25(21(17)35)41-26-22(36)18(20(34)16(10-32)40-26)30-24(38)12-3-7-14(28)8-4-12/h1-8,15-22,25-26,31-36H,9-10H2,(H,29,37)(H,30,38)/t15-,16-,17+,18+,19+,20+,21-,22-,25+,26+/m1/s1. The molecular weight excluding hydrogens is 603 g/mol. The molecule has 0 radical (unpaired) electrons. The molecule has 2 aromatic rings. The van der Waals surface area contributed by atoms with Gasteiger partial charge >= 0.3 is 0 Å². The van der Waals surface area contributed by atoms with Crippen molar-refractivity contribution in [1.29, 1.82) is 0 Å². The maximum absolute atomic E-state index is 12.8. The lowest BCUT2D eigenvalue weighted by atomic mass is 9.96. The average molecular weight is 634 g/mol. The molecule has 8 N–H and O–H groups in total. The highest BCUT2D eigenvalue weighted by Crippen LogP contribution is 2.37. The number of carbonyl (C=O) groups excluding carboxylic acids is 2. The Balaban J connectivity index is 1.50. The van der Waals surface area contributed by atoms with Crippen LogP contribution in [0.25, 0.3) is 0 Å². The molecule has 0 bridgehead atoms. The largest absolute Gasteiger partial charge is 0.394 e. The third kappa shape index (κ3) is 7.32. The number of nitrogens with one attached hydrogen (secondary N) is 2. The Kier molecular flexibility index (Phi) is 10.9. The van der Waals surface area contributed by atoms with Crippen molar-refractivity contribution in [2.45, 2.75) is 59.6 Å². The summed E-state index contributed by atoms with van der Waals surface area (Å²) in [5.41, 5.74) is -2.13. The molecule has 12 nitrogen and oxygen atoms in total. The summed E-state index contributed by atoms with van der Waals surface area (Å²) in [6.45, 7) is -1.33. The van der Waals surface area contributed by atoms with Gasteiger partial charge in [0.1, 0.15) is 47.5 Å². The van der Waals surface area contributed by atoms with Gasteiger partial charge in [-0.15, -0.1) is 0 Å². The molecule has 0 saturated carbocycles. The molecule has 10 atom stereocenters. The van der Waals surface area contributed by atoms with Crippen molar-refractivity contribution >= 4 is 46.8 Å². The van der Waals surface area contributed by atoms with Crippen molar-refractivity contribution in [3.8, 4) is 0 Å². The molecule has 2 aromatic carbocycles. The fourth-order valence-corrected chi connectivity index (χ4v) is 6.14. The lowest BCUT2D eigenvalue weighted by molar-refractivity contribution is -0.175. The third-order valence-corrected chi connectivity index (χ3v) is 8.67. The van der Waals surface area contributed by atoms with E-state index in [9.17, 15) is 40.2 Å². The number of hydrogen-bond acceptors (Lipinski definition) is 11. The SMILES string of the molecule is O=C(N[C@H]1[C@@H](O)[C@@H](CO)O[C@@H](S[C@@H]2O[C@H](CO)[C@H](O)[C@H](NC(=O)c3ccc(Cl)cc3)[C@H]2O)[C@@H]1O)c1ccc(Cl)cc1. The molecule has 224 valence electrons. The molecule has 0 spiro atoms. The number of benzene rings is 2. The van der Waals surface area contributed by atoms with E-state index in [4.69, 9.17) is 32.7 Å². The maximum Gasteiger partial charge on any atom is 0.251 e. The number of ether oxygens (including phenoxy) is 2. The molecule has 2 heterocycles. The Morgan fingerprint density at radius 3 is 1.32 bits per heavy atom. The van der Waals surface area contributed by atoms with Crippen LogP contribution >= 0.6 is 35.0 Å². The average Bonchev–Trinajstić information content (AvgIpc) is 2.96. The van der Waals surface area contributed by atoms with E-state index < -0.39 is 84.6 Å². The Bertz CT molecular complexity index is 1100. The van der Waals surface area contributed by atoms with E-state index in [-0.39, 0.29) is 11.1 Å². The first-order chi connectivity index (χ1) is 19.5. The summed E-state index contributed by atoms with van der Waals surface area (Å²) < 4.78 is 11.3. The number of amides is 2. The molecule has 2 amide bonds. The number of rotatable bonds is 8. The van der Waals surface area contributed by atoms with Gasteiger partial charge in [0.2, 0.25) is 0 Å². The molecule has 41 heavy (non-hydrogen) atoms. The van der Waals surface area contributed by atoms with E-state index >= 15 is 0 Å². The molecular formula is C26H30Cl2N2O10S. The van der Waals surface area contributed by atoms with E-state index in [1.807, 2.05) is 0 Å². The second kappa shape index (κ2) is 14.0. The van der Waals surface area contributed by atoms with Gasteiger partial charge in [0.15, 0.2) is 0 Å². The van der Waals surface area contributed by atoms with Crippen LogP contribution in [-0.4, -0.2) is 115 Å². The maximum atomic E-state index is 12.8. The highest BCUT2D eigenvalue weighted by atomic mass is 35.5. The molecule has 4 rings (SSSR count). The molecule has 0 unspecified atom stereocenters. The normalized spacial score (nSPS) is 33.7. The first-order valence-electron chi connectivity index (χ1n) is 12.6. The molecule has 2 fully saturated rings. The molecule has 0 aliphatic carbocycles. The molecule has 15 heteroatoms. The molecule has 2 aliphatic heterocycles. The number of thioether (sulfide) groups is 1. The van der Waals surface area contributed by atoms with Crippen LogP contribution in [0.4, 0.5) is 0 Å². The summed E-state index contributed by atoms with van der Waals surface area (Å²) in [5, 5.41) is 69.1. The van der Waals surface area contributed by atoms with Gasteiger partial charge in [0.05, 0.1) is 25.3 Å². The van der Waals surface area contributed by atoms with Crippen LogP contribution in [0.2, 0.25) is 10.0 Å². The minimum Gasteiger partial charge on any atom is -0.394 e. The highest BCUT2D eigenvalue weighted by molar-refractivity contribution is 8.00. The fraction of sp³-hybridized carbons (Fsp3) is 0.462. The quantitative estimate of drug-likeness (QED) is 0.187. The van der Waals surface area contributed by atoms with E-state index in [1.165, 1.54) is 48.5 Å². The zero-order chi connectivity index (χ0) is 29.8. The van der Waals surface area contributed by atoms with Crippen molar-refractivity contribution in [3.63, 3.8) is 0 Å². The van der Waals surface area contributed by atoms with Gasteiger partial charge in [-0.1, -0.05) is 35.0 Å². The third-order valence-electron chi connectivity index (χ3n) is 6.85. The van der Waals surface area contributed by atoms with Crippen molar-refractivity contribution in [2.75, 3.05) is 13.2 Å². The highest BCUT2D eigenvalue weighted by Gasteiger charge is 2.50. The molecule has 2 saturated heterocycles. The first kappa shape index (κ1) is 31.9. The summed E-state index contributed by atoms with van der Waals surface area (Å²) in [6.07, 6.45) is -8.59. The van der Waals surface area contributed by atoms with Crippen LogP contribution < -0.4 is 10.6 Å². The van der Waals surface area contributed by atoms with Gasteiger partial charge < -0.3 is 50.7 Å². The van der Waals surface area contributed by atoms with Gasteiger partial charge in [-0.2, -0.15) is 0 Å². The smallest absolute Gasteiger partial charge is 0.251 e. The number of aliphatic hydroxyl groups is 6.